The largest absolute Gasteiger partial charge is 0.493 e. The van der Waals surface area contributed by atoms with Crippen LogP contribution in [0.2, 0.25) is 0 Å². The summed E-state index contributed by atoms with van der Waals surface area (Å²) in [5.41, 5.74) is 1.13. The van der Waals surface area contributed by atoms with E-state index in [1.807, 2.05) is 18.2 Å². The number of nitrogens with one attached hydrogen (secondary N) is 1. The SMILES string of the molecule is COc1cc(Cc2nccc3cc(OC)c(OC)cc23)c(NC(=O)c2c([N+](=O)[O-])cnn2C)cc1OC. The number of ether oxygens (including phenoxy) is 4. The molecule has 0 radical (unpaired) electrons. The maximum Gasteiger partial charge on any atom is 0.320 e. The van der Waals surface area contributed by atoms with Crippen LogP contribution in [0.1, 0.15) is 21.7 Å². The highest BCUT2D eigenvalue weighted by Gasteiger charge is 2.27. The number of hydrogen-bond donors (Lipinski definition) is 1. The summed E-state index contributed by atoms with van der Waals surface area (Å²) in [4.78, 5) is 28.5. The Morgan fingerprint density at radius 1 is 1.00 bits per heavy atom. The van der Waals surface area contributed by atoms with Gasteiger partial charge in [-0.25, -0.2) is 0 Å². The Balaban J connectivity index is 1.81. The predicted molar refractivity (Wildman–Crippen MR) is 135 cm³/mol. The Morgan fingerprint density at radius 3 is 2.27 bits per heavy atom. The number of aryl methyl sites for hydroxylation is 1. The highest BCUT2D eigenvalue weighted by Crippen LogP contribution is 2.37. The highest BCUT2D eigenvalue weighted by molar-refractivity contribution is 6.06. The smallest absolute Gasteiger partial charge is 0.320 e. The van der Waals surface area contributed by atoms with Gasteiger partial charge >= 0.3 is 5.69 Å². The third-order valence-corrected chi connectivity index (χ3v) is 5.90. The van der Waals surface area contributed by atoms with Crippen molar-refractivity contribution in [2.45, 2.75) is 6.42 Å². The average Bonchev–Trinajstić information content (AvgIpc) is 3.30. The first-order valence-electron chi connectivity index (χ1n) is 11.0. The van der Waals surface area contributed by atoms with Crippen molar-refractivity contribution in [2.24, 2.45) is 7.05 Å². The molecule has 1 amide bonds. The molecular weight excluding hydrogens is 482 g/mol. The van der Waals surface area contributed by atoms with E-state index < -0.39 is 16.5 Å². The van der Waals surface area contributed by atoms with E-state index in [1.165, 1.54) is 21.3 Å². The molecule has 12 heteroatoms. The van der Waals surface area contributed by atoms with Gasteiger partial charge in [0.2, 0.25) is 5.69 Å². The summed E-state index contributed by atoms with van der Waals surface area (Å²) < 4.78 is 22.9. The van der Waals surface area contributed by atoms with Crippen LogP contribution in [0.5, 0.6) is 23.0 Å². The normalized spacial score (nSPS) is 10.7. The maximum atomic E-state index is 13.2. The van der Waals surface area contributed by atoms with Gasteiger partial charge in [-0.1, -0.05) is 0 Å². The van der Waals surface area contributed by atoms with Crippen molar-refractivity contribution in [3.05, 3.63) is 69.8 Å². The van der Waals surface area contributed by atoms with Crippen LogP contribution in [0.25, 0.3) is 10.8 Å². The van der Waals surface area contributed by atoms with Crippen molar-refractivity contribution >= 4 is 28.1 Å². The molecule has 0 aliphatic heterocycles. The number of carbonyl (C=O) groups excluding carboxylic acids is 1. The highest BCUT2D eigenvalue weighted by atomic mass is 16.6. The van der Waals surface area contributed by atoms with E-state index in [0.29, 0.717) is 39.9 Å². The lowest BCUT2D eigenvalue weighted by molar-refractivity contribution is -0.385. The number of nitrogens with zero attached hydrogens (tertiary/aromatic N) is 4. The van der Waals surface area contributed by atoms with Crippen LogP contribution in [-0.2, 0) is 13.5 Å². The molecule has 0 unspecified atom stereocenters. The van der Waals surface area contributed by atoms with E-state index >= 15 is 0 Å². The molecule has 0 spiro atoms. The molecule has 0 fully saturated rings. The predicted octanol–water partition coefficient (Wildman–Crippen LogP) is 3.75. The van der Waals surface area contributed by atoms with Crippen molar-refractivity contribution < 1.29 is 28.7 Å². The summed E-state index contributed by atoms with van der Waals surface area (Å²) in [6.07, 6.45) is 3.00. The Morgan fingerprint density at radius 2 is 1.62 bits per heavy atom. The molecule has 192 valence electrons. The number of aromatic nitrogens is 3. The molecule has 1 N–H and O–H groups in total. The van der Waals surface area contributed by atoms with Gasteiger partial charge in [0.05, 0.1) is 39.1 Å². The lowest BCUT2D eigenvalue weighted by Crippen LogP contribution is -2.19. The van der Waals surface area contributed by atoms with Crippen LogP contribution < -0.4 is 24.3 Å². The zero-order chi connectivity index (χ0) is 26.7. The van der Waals surface area contributed by atoms with E-state index in [0.717, 1.165) is 21.7 Å². The van der Waals surface area contributed by atoms with Crippen LogP contribution >= 0.6 is 0 Å². The molecule has 4 rings (SSSR count). The lowest BCUT2D eigenvalue weighted by Gasteiger charge is -2.17. The second-order valence-electron chi connectivity index (χ2n) is 7.94. The number of amides is 1. The van der Waals surface area contributed by atoms with Gasteiger partial charge in [0, 0.05) is 36.8 Å². The summed E-state index contributed by atoms with van der Waals surface area (Å²) in [6, 6.07) is 8.89. The summed E-state index contributed by atoms with van der Waals surface area (Å²) in [5, 5.41) is 19.8. The fraction of sp³-hybridized carbons (Fsp3) is 0.240. The van der Waals surface area contributed by atoms with Crippen molar-refractivity contribution in [2.75, 3.05) is 33.8 Å². The Labute approximate surface area is 211 Å². The molecule has 0 atom stereocenters. The molecule has 12 nitrogen and oxygen atoms in total. The lowest BCUT2D eigenvalue weighted by atomic mass is 10.0. The van der Waals surface area contributed by atoms with Gasteiger partial charge in [0.15, 0.2) is 23.0 Å². The zero-order valence-electron chi connectivity index (χ0n) is 20.9. The number of carbonyl (C=O) groups is 1. The number of methoxy groups -OCH3 is 4. The number of hydrogen-bond acceptors (Lipinski definition) is 9. The second kappa shape index (κ2) is 10.4. The van der Waals surface area contributed by atoms with Gasteiger partial charge in [-0.3, -0.25) is 24.6 Å². The first kappa shape index (κ1) is 25.2. The monoisotopic (exact) mass is 507 g/mol. The number of pyridine rings is 1. The molecule has 2 aromatic heterocycles. The number of nitro groups is 1. The van der Waals surface area contributed by atoms with Gasteiger partial charge in [-0.15, -0.1) is 0 Å². The molecule has 0 aliphatic rings. The fourth-order valence-electron chi connectivity index (χ4n) is 4.07. The van der Waals surface area contributed by atoms with Gasteiger partial charge in [0.25, 0.3) is 5.91 Å². The van der Waals surface area contributed by atoms with Crippen LogP contribution in [0.3, 0.4) is 0 Å². The molecule has 37 heavy (non-hydrogen) atoms. The van der Waals surface area contributed by atoms with Crippen molar-refractivity contribution in [1.82, 2.24) is 14.8 Å². The summed E-state index contributed by atoms with van der Waals surface area (Å²) in [5.74, 6) is 1.26. The molecule has 0 saturated carbocycles. The molecule has 0 bridgehead atoms. The van der Waals surface area contributed by atoms with Crippen LogP contribution in [-0.4, -0.2) is 54.0 Å². The standard InChI is InChI=1S/C25H25N5O7/c1-29-24(19(13-27-29)30(32)33)25(31)28-17-12-23(37-5)21(35-3)10-15(17)8-18-16-11-22(36-4)20(34-2)9-14(16)6-7-26-18/h6-7,9-13H,8H2,1-5H3,(H,28,31). The number of rotatable bonds is 9. The summed E-state index contributed by atoms with van der Waals surface area (Å²) in [6.45, 7) is 0. The topological polar surface area (TPSA) is 140 Å². The zero-order valence-corrected chi connectivity index (χ0v) is 20.9. The van der Waals surface area contributed by atoms with Gasteiger partial charge < -0.3 is 24.3 Å². The van der Waals surface area contributed by atoms with Crippen LogP contribution in [0, 0.1) is 10.1 Å². The van der Waals surface area contributed by atoms with E-state index in [1.54, 1.807) is 32.5 Å². The minimum absolute atomic E-state index is 0.189. The molecular formula is C25H25N5O7. The third kappa shape index (κ3) is 4.81. The van der Waals surface area contributed by atoms with Crippen LogP contribution in [0.15, 0.2) is 42.7 Å². The van der Waals surface area contributed by atoms with E-state index in [-0.39, 0.29) is 12.1 Å². The van der Waals surface area contributed by atoms with Gasteiger partial charge in [0.1, 0.15) is 6.20 Å². The van der Waals surface area contributed by atoms with Gasteiger partial charge in [-0.05, 0) is 35.2 Å². The van der Waals surface area contributed by atoms with Crippen LogP contribution in [0.4, 0.5) is 11.4 Å². The Hall–Kier alpha value is -4.87. The minimum Gasteiger partial charge on any atom is -0.493 e. The first-order chi connectivity index (χ1) is 17.8. The van der Waals surface area contributed by atoms with Crippen molar-refractivity contribution in [1.29, 1.82) is 0 Å². The molecule has 4 aromatic rings. The summed E-state index contributed by atoms with van der Waals surface area (Å²) >= 11 is 0. The molecule has 0 aliphatic carbocycles. The second-order valence-corrected chi connectivity index (χ2v) is 7.94. The maximum absolute atomic E-state index is 13.2. The Kier molecular flexibility index (Phi) is 7.09. The fourth-order valence-corrected chi connectivity index (χ4v) is 4.07. The molecule has 2 heterocycles. The van der Waals surface area contributed by atoms with Gasteiger partial charge in [-0.2, -0.15) is 5.10 Å². The summed E-state index contributed by atoms with van der Waals surface area (Å²) in [7, 11) is 7.56. The minimum atomic E-state index is -0.697. The third-order valence-electron chi connectivity index (χ3n) is 5.90. The molecule has 0 saturated heterocycles. The first-order valence-corrected chi connectivity index (χ1v) is 11.0. The number of fused-ring (bicyclic) bond motifs is 1. The van der Waals surface area contributed by atoms with E-state index in [4.69, 9.17) is 18.9 Å². The van der Waals surface area contributed by atoms with E-state index in [9.17, 15) is 14.9 Å². The van der Waals surface area contributed by atoms with Crippen molar-refractivity contribution in [3.63, 3.8) is 0 Å². The van der Waals surface area contributed by atoms with Crippen molar-refractivity contribution in [3.8, 4) is 23.0 Å². The Bertz CT molecular complexity index is 1500. The number of anilines is 1. The molecule has 2 aromatic carbocycles. The average molecular weight is 508 g/mol. The quantitative estimate of drug-likeness (QED) is 0.265. The number of benzene rings is 2. The van der Waals surface area contributed by atoms with E-state index in [2.05, 4.69) is 15.4 Å².